The van der Waals surface area contributed by atoms with Gasteiger partial charge in [-0.1, -0.05) is 13.3 Å². The summed E-state index contributed by atoms with van der Waals surface area (Å²) in [4.78, 5) is 15.2. The second kappa shape index (κ2) is 8.48. The largest absolute Gasteiger partial charge is 0.478 e. The number of hydrogen-bond donors (Lipinski definition) is 2. The first-order valence-electron chi connectivity index (χ1n) is 6.67. The smallest absolute Gasteiger partial charge is 0.339 e. The van der Waals surface area contributed by atoms with Crippen LogP contribution in [0.3, 0.4) is 0 Å². The summed E-state index contributed by atoms with van der Waals surface area (Å²) in [6.07, 6.45) is 4.66. The molecule has 2 N–H and O–H groups in total. The molecule has 0 fully saturated rings. The van der Waals surface area contributed by atoms with Crippen LogP contribution in [0, 0.1) is 6.92 Å². The van der Waals surface area contributed by atoms with Gasteiger partial charge in [-0.2, -0.15) is 0 Å². The minimum absolute atomic E-state index is 0.245. The van der Waals surface area contributed by atoms with E-state index in [-0.39, 0.29) is 5.56 Å². The van der Waals surface area contributed by atoms with Gasteiger partial charge in [0.15, 0.2) is 0 Å². The van der Waals surface area contributed by atoms with Gasteiger partial charge < -0.3 is 15.2 Å². The molecule has 0 aliphatic rings. The number of pyridine rings is 1. The van der Waals surface area contributed by atoms with E-state index < -0.39 is 5.97 Å². The molecule has 0 unspecified atom stereocenters. The standard InChI is InChI=1S/C14H22N2O3/c1-3-4-9-19-10-5-7-15-13-12(14(17)18)11(2)6-8-16-13/h6,8H,3-5,7,9-10H2,1-2H3,(H,15,16)(H,17,18). The van der Waals surface area contributed by atoms with E-state index in [9.17, 15) is 4.79 Å². The average Bonchev–Trinajstić information content (AvgIpc) is 2.37. The van der Waals surface area contributed by atoms with Crippen LogP contribution in [0.4, 0.5) is 5.82 Å². The number of aromatic carboxylic acids is 1. The van der Waals surface area contributed by atoms with E-state index in [1.807, 2.05) is 0 Å². The van der Waals surface area contributed by atoms with Crippen LogP contribution < -0.4 is 5.32 Å². The maximum Gasteiger partial charge on any atom is 0.339 e. The average molecular weight is 266 g/mol. The van der Waals surface area contributed by atoms with Crippen molar-refractivity contribution in [1.82, 2.24) is 4.98 Å². The Morgan fingerprint density at radius 2 is 2.16 bits per heavy atom. The third-order valence-electron chi connectivity index (χ3n) is 2.77. The summed E-state index contributed by atoms with van der Waals surface area (Å²) >= 11 is 0. The predicted molar refractivity (Wildman–Crippen MR) is 74.8 cm³/mol. The molecule has 106 valence electrons. The monoisotopic (exact) mass is 266 g/mol. The number of carboxylic acid groups (broad SMARTS) is 1. The molecular formula is C14H22N2O3. The molecule has 0 aromatic carbocycles. The molecule has 0 amide bonds. The second-order valence-electron chi connectivity index (χ2n) is 4.40. The first-order valence-corrected chi connectivity index (χ1v) is 6.67. The lowest BCUT2D eigenvalue weighted by molar-refractivity contribution is 0.0697. The number of aryl methyl sites for hydroxylation is 1. The maximum absolute atomic E-state index is 11.1. The Morgan fingerprint density at radius 3 is 2.84 bits per heavy atom. The highest BCUT2D eigenvalue weighted by atomic mass is 16.5. The van der Waals surface area contributed by atoms with Gasteiger partial charge >= 0.3 is 5.97 Å². The molecule has 0 saturated heterocycles. The van der Waals surface area contributed by atoms with Crippen LogP contribution in [0.25, 0.3) is 0 Å². The Balaban J connectivity index is 2.37. The summed E-state index contributed by atoms with van der Waals surface area (Å²) in [6, 6.07) is 1.70. The van der Waals surface area contributed by atoms with Crippen LogP contribution in [0.5, 0.6) is 0 Å². The molecule has 0 saturated carbocycles. The highest BCUT2D eigenvalue weighted by Gasteiger charge is 2.13. The van der Waals surface area contributed by atoms with Gasteiger partial charge in [-0.25, -0.2) is 9.78 Å². The molecule has 1 rings (SSSR count). The number of nitrogens with zero attached hydrogens (tertiary/aromatic N) is 1. The van der Waals surface area contributed by atoms with E-state index >= 15 is 0 Å². The fourth-order valence-electron chi connectivity index (χ4n) is 1.69. The number of carbonyl (C=O) groups is 1. The van der Waals surface area contributed by atoms with Crippen molar-refractivity contribution < 1.29 is 14.6 Å². The number of ether oxygens (including phenoxy) is 1. The van der Waals surface area contributed by atoms with E-state index in [1.165, 1.54) is 0 Å². The lowest BCUT2D eigenvalue weighted by atomic mass is 10.1. The number of nitrogens with one attached hydrogen (secondary N) is 1. The highest BCUT2D eigenvalue weighted by molar-refractivity contribution is 5.94. The summed E-state index contributed by atoms with van der Waals surface area (Å²) in [5, 5.41) is 12.2. The minimum atomic E-state index is -0.952. The first kappa shape index (κ1) is 15.4. The van der Waals surface area contributed by atoms with Crippen molar-refractivity contribution in [3.05, 3.63) is 23.4 Å². The Bertz CT molecular complexity index is 408. The van der Waals surface area contributed by atoms with E-state index in [2.05, 4.69) is 17.2 Å². The van der Waals surface area contributed by atoms with Crippen molar-refractivity contribution in [1.29, 1.82) is 0 Å². The van der Waals surface area contributed by atoms with Crippen molar-refractivity contribution in [2.24, 2.45) is 0 Å². The van der Waals surface area contributed by atoms with Gasteiger partial charge in [-0.15, -0.1) is 0 Å². The van der Waals surface area contributed by atoms with Crippen LogP contribution >= 0.6 is 0 Å². The molecule has 0 aliphatic carbocycles. The highest BCUT2D eigenvalue weighted by Crippen LogP contribution is 2.16. The number of aromatic nitrogens is 1. The van der Waals surface area contributed by atoms with Crippen LogP contribution in [0.1, 0.15) is 42.1 Å². The first-order chi connectivity index (χ1) is 9.16. The molecule has 5 nitrogen and oxygen atoms in total. The van der Waals surface area contributed by atoms with Gasteiger partial charge in [0.1, 0.15) is 11.4 Å². The van der Waals surface area contributed by atoms with Crippen molar-refractivity contribution >= 4 is 11.8 Å². The fraction of sp³-hybridized carbons (Fsp3) is 0.571. The summed E-state index contributed by atoms with van der Waals surface area (Å²) in [5.41, 5.74) is 0.957. The number of carboxylic acids is 1. The van der Waals surface area contributed by atoms with E-state index in [1.54, 1.807) is 19.2 Å². The van der Waals surface area contributed by atoms with Gasteiger partial charge in [0.25, 0.3) is 0 Å². The zero-order valence-corrected chi connectivity index (χ0v) is 11.6. The Morgan fingerprint density at radius 1 is 1.42 bits per heavy atom. The van der Waals surface area contributed by atoms with Crippen molar-refractivity contribution in [2.75, 3.05) is 25.1 Å². The van der Waals surface area contributed by atoms with Crippen LogP contribution in [0.15, 0.2) is 12.3 Å². The molecule has 0 atom stereocenters. The van der Waals surface area contributed by atoms with Crippen LogP contribution in [-0.4, -0.2) is 35.8 Å². The maximum atomic E-state index is 11.1. The van der Waals surface area contributed by atoms with Crippen molar-refractivity contribution in [3.8, 4) is 0 Å². The van der Waals surface area contributed by atoms with Gasteiger partial charge in [0.05, 0.1) is 0 Å². The number of rotatable bonds is 9. The lowest BCUT2D eigenvalue weighted by Crippen LogP contribution is -2.12. The normalized spacial score (nSPS) is 10.4. The number of hydrogen-bond acceptors (Lipinski definition) is 4. The van der Waals surface area contributed by atoms with Gasteiger partial charge in [0, 0.05) is 26.0 Å². The van der Waals surface area contributed by atoms with Crippen molar-refractivity contribution in [3.63, 3.8) is 0 Å². The Hall–Kier alpha value is -1.62. The third kappa shape index (κ3) is 5.26. The van der Waals surface area contributed by atoms with Gasteiger partial charge in [0.2, 0.25) is 0 Å². The predicted octanol–water partition coefficient (Wildman–Crippen LogP) is 2.71. The summed E-state index contributed by atoms with van der Waals surface area (Å²) in [6.45, 7) is 6.02. The number of anilines is 1. The zero-order chi connectivity index (χ0) is 14.1. The molecule has 1 heterocycles. The van der Waals surface area contributed by atoms with Gasteiger partial charge in [-0.05, 0) is 31.4 Å². The molecule has 0 radical (unpaired) electrons. The molecule has 0 aliphatic heterocycles. The van der Waals surface area contributed by atoms with Crippen LogP contribution in [-0.2, 0) is 4.74 Å². The minimum Gasteiger partial charge on any atom is -0.478 e. The summed E-state index contributed by atoms with van der Waals surface area (Å²) < 4.78 is 5.44. The van der Waals surface area contributed by atoms with Crippen molar-refractivity contribution in [2.45, 2.75) is 33.1 Å². The van der Waals surface area contributed by atoms with Crippen LogP contribution in [0.2, 0.25) is 0 Å². The molecule has 5 heteroatoms. The molecule has 0 spiro atoms. The summed E-state index contributed by atoms with van der Waals surface area (Å²) in [7, 11) is 0. The molecule has 0 bridgehead atoms. The number of unbranched alkanes of at least 4 members (excludes halogenated alkanes) is 1. The topological polar surface area (TPSA) is 71.5 Å². The molecular weight excluding hydrogens is 244 g/mol. The Kier molecular flexibility index (Phi) is 6.89. The zero-order valence-electron chi connectivity index (χ0n) is 11.6. The molecule has 1 aromatic heterocycles. The molecule has 1 aromatic rings. The van der Waals surface area contributed by atoms with Gasteiger partial charge in [-0.3, -0.25) is 0 Å². The lowest BCUT2D eigenvalue weighted by Gasteiger charge is -2.10. The SMILES string of the molecule is CCCCOCCCNc1nccc(C)c1C(=O)O. The fourth-order valence-corrected chi connectivity index (χ4v) is 1.69. The third-order valence-corrected chi connectivity index (χ3v) is 2.77. The van der Waals surface area contributed by atoms with E-state index in [0.29, 0.717) is 24.5 Å². The second-order valence-corrected chi connectivity index (χ2v) is 4.40. The quantitative estimate of drug-likeness (QED) is 0.672. The van der Waals surface area contributed by atoms with E-state index in [4.69, 9.17) is 9.84 Å². The van der Waals surface area contributed by atoms with E-state index in [0.717, 1.165) is 25.9 Å². The summed E-state index contributed by atoms with van der Waals surface area (Å²) in [5.74, 6) is -0.520. The Labute approximate surface area is 114 Å². The molecule has 19 heavy (non-hydrogen) atoms.